The van der Waals surface area contributed by atoms with Crippen LogP contribution in [0, 0.1) is 11.3 Å². The summed E-state index contributed by atoms with van der Waals surface area (Å²) in [5.41, 5.74) is -0.423. The van der Waals surface area contributed by atoms with Gasteiger partial charge >= 0.3 is 6.18 Å². The molecule has 160 valence electrons. The zero-order valence-corrected chi connectivity index (χ0v) is 17.3. The lowest BCUT2D eigenvalue weighted by molar-refractivity contribution is -0.137. The van der Waals surface area contributed by atoms with E-state index in [9.17, 15) is 23.2 Å². The summed E-state index contributed by atoms with van der Waals surface area (Å²) >= 11 is 11.9. The van der Waals surface area contributed by atoms with Crippen molar-refractivity contribution in [3.63, 3.8) is 0 Å². The number of anilines is 2. The number of alkyl halides is 3. The van der Waals surface area contributed by atoms with Crippen molar-refractivity contribution in [2.45, 2.75) is 19.6 Å². The molecule has 2 aromatic heterocycles. The number of carbonyl (C=O) groups excluding carboxylic acids is 1. The summed E-state index contributed by atoms with van der Waals surface area (Å²) in [5, 5.41) is 18.3. The van der Waals surface area contributed by atoms with Crippen LogP contribution >= 0.6 is 23.2 Å². The molecule has 1 aromatic carbocycles. The van der Waals surface area contributed by atoms with Gasteiger partial charge in [0.15, 0.2) is 11.6 Å². The standard InChI is InChI=1S/C19H13Cl2F3N6O/c1-10(31)28-17-12(7-25)9-27-30(17)18-15(21)6-14(19(22,23)24)16(29-18)26-8-11-2-4-13(20)5-3-11/h2-6,9H,8H2,1H3,(H,26,29)(H,28,31). The summed E-state index contributed by atoms with van der Waals surface area (Å²) in [7, 11) is 0. The van der Waals surface area contributed by atoms with Gasteiger partial charge in [-0.25, -0.2) is 4.98 Å². The SMILES string of the molecule is CC(=O)Nc1c(C#N)cnn1-c1nc(NCc2ccc(Cl)cc2)c(C(F)(F)F)cc1Cl. The fourth-order valence-corrected chi connectivity index (χ4v) is 3.00. The lowest BCUT2D eigenvalue weighted by Crippen LogP contribution is -2.17. The highest BCUT2D eigenvalue weighted by Crippen LogP contribution is 2.38. The molecular formula is C19H13Cl2F3N6O. The molecule has 31 heavy (non-hydrogen) atoms. The Kier molecular flexibility index (Phi) is 6.38. The summed E-state index contributed by atoms with van der Waals surface area (Å²) in [6, 6.07) is 9.07. The Balaban J connectivity index is 2.08. The maximum absolute atomic E-state index is 13.6. The number of pyridine rings is 1. The summed E-state index contributed by atoms with van der Waals surface area (Å²) in [5.74, 6) is -1.27. The van der Waals surface area contributed by atoms with E-state index in [1.165, 1.54) is 6.92 Å². The van der Waals surface area contributed by atoms with Gasteiger partial charge in [-0.1, -0.05) is 35.3 Å². The number of nitrogens with one attached hydrogen (secondary N) is 2. The molecule has 0 saturated carbocycles. The fourth-order valence-electron chi connectivity index (χ4n) is 2.64. The average Bonchev–Trinajstić information content (AvgIpc) is 3.09. The minimum absolute atomic E-state index is 0.0105. The Morgan fingerprint density at radius 1 is 1.26 bits per heavy atom. The number of carbonyl (C=O) groups is 1. The smallest absolute Gasteiger partial charge is 0.365 e. The molecule has 0 radical (unpaired) electrons. The van der Waals surface area contributed by atoms with Gasteiger partial charge in [0.05, 0.1) is 16.8 Å². The van der Waals surface area contributed by atoms with Crippen LogP contribution in [0.2, 0.25) is 10.0 Å². The highest BCUT2D eigenvalue weighted by molar-refractivity contribution is 6.32. The number of aromatic nitrogens is 3. The van der Waals surface area contributed by atoms with E-state index >= 15 is 0 Å². The van der Waals surface area contributed by atoms with Crippen LogP contribution in [0.1, 0.15) is 23.6 Å². The van der Waals surface area contributed by atoms with Gasteiger partial charge in [-0.2, -0.15) is 28.2 Å². The molecule has 7 nitrogen and oxygen atoms in total. The molecule has 0 atom stereocenters. The van der Waals surface area contributed by atoms with E-state index in [1.807, 2.05) is 6.07 Å². The van der Waals surface area contributed by atoms with Crippen molar-refractivity contribution in [1.29, 1.82) is 5.26 Å². The third-order valence-corrected chi connectivity index (χ3v) is 4.55. The molecule has 0 fully saturated rings. The van der Waals surface area contributed by atoms with Crippen molar-refractivity contribution < 1.29 is 18.0 Å². The van der Waals surface area contributed by atoms with E-state index in [0.717, 1.165) is 10.9 Å². The van der Waals surface area contributed by atoms with Gasteiger partial charge in [0, 0.05) is 18.5 Å². The zero-order valence-electron chi connectivity index (χ0n) is 15.8. The lowest BCUT2D eigenvalue weighted by Gasteiger charge is -2.17. The molecule has 3 aromatic rings. The van der Waals surface area contributed by atoms with E-state index in [1.54, 1.807) is 24.3 Å². The summed E-state index contributed by atoms with van der Waals surface area (Å²) in [4.78, 5) is 15.5. The number of nitriles is 1. The first-order valence-electron chi connectivity index (χ1n) is 8.62. The quantitative estimate of drug-likeness (QED) is 0.546. The van der Waals surface area contributed by atoms with Crippen molar-refractivity contribution in [2.75, 3.05) is 10.6 Å². The third kappa shape index (κ3) is 5.07. The van der Waals surface area contributed by atoms with E-state index in [2.05, 4.69) is 20.7 Å². The van der Waals surface area contributed by atoms with Gasteiger partial charge < -0.3 is 10.6 Å². The van der Waals surface area contributed by atoms with E-state index < -0.39 is 23.5 Å². The minimum Gasteiger partial charge on any atom is -0.365 e. The van der Waals surface area contributed by atoms with Crippen LogP contribution in [-0.4, -0.2) is 20.7 Å². The molecule has 12 heteroatoms. The second-order valence-electron chi connectivity index (χ2n) is 6.28. The Bertz CT molecular complexity index is 1170. The Hall–Kier alpha value is -3.29. The number of halogens is 5. The molecule has 0 aliphatic rings. The molecule has 2 N–H and O–H groups in total. The predicted octanol–water partition coefficient (Wildman–Crippen LogP) is 5.04. The van der Waals surface area contributed by atoms with Crippen LogP contribution in [0.3, 0.4) is 0 Å². The van der Waals surface area contributed by atoms with Crippen LogP contribution in [0.15, 0.2) is 36.5 Å². The first-order valence-corrected chi connectivity index (χ1v) is 9.38. The largest absolute Gasteiger partial charge is 0.420 e. The number of amides is 1. The van der Waals surface area contributed by atoms with Crippen LogP contribution in [-0.2, 0) is 17.5 Å². The average molecular weight is 469 g/mol. The summed E-state index contributed by atoms with van der Waals surface area (Å²) in [6.45, 7) is 1.23. The second kappa shape index (κ2) is 8.83. The van der Waals surface area contributed by atoms with Crippen LogP contribution in [0.25, 0.3) is 5.82 Å². The number of hydrogen-bond donors (Lipinski definition) is 2. The molecular weight excluding hydrogens is 456 g/mol. The van der Waals surface area contributed by atoms with Crippen LogP contribution in [0.4, 0.5) is 24.8 Å². The molecule has 3 rings (SSSR count). The number of rotatable bonds is 5. The van der Waals surface area contributed by atoms with E-state index in [0.29, 0.717) is 16.7 Å². The predicted molar refractivity (Wildman–Crippen MR) is 109 cm³/mol. The molecule has 0 aliphatic carbocycles. The van der Waals surface area contributed by atoms with Gasteiger partial charge in [-0.3, -0.25) is 4.79 Å². The summed E-state index contributed by atoms with van der Waals surface area (Å²) < 4.78 is 41.7. The molecule has 2 heterocycles. The molecule has 0 unspecified atom stereocenters. The number of benzene rings is 1. The highest BCUT2D eigenvalue weighted by atomic mass is 35.5. The number of nitrogens with zero attached hydrogens (tertiary/aromatic N) is 4. The van der Waals surface area contributed by atoms with Gasteiger partial charge in [0.25, 0.3) is 0 Å². The lowest BCUT2D eigenvalue weighted by atomic mass is 10.2. The Morgan fingerprint density at radius 3 is 2.52 bits per heavy atom. The molecule has 0 bridgehead atoms. The molecule has 1 amide bonds. The van der Waals surface area contributed by atoms with Crippen molar-refractivity contribution in [2.24, 2.45) is 0 Å². The first-order chi connectivity index (χ1) is 14.6. The maximum Gasteiger partial charge on any atom is 0.420 e. The van der Waals surface area contributed by atoms with Gasteiger partial charge in [0.2, 0.25) is 5.91 Å². The third-order valence-electron chi connectivity index (χ3n) is 4.02. The van der Waals surface area contributed by atoms with E-state index in [4.69, 9.17) is 23.2 Å². The fraction of sp³-hybridized carbons (Fsp3) is 0.158. The Labute approximate surface area is 184 Å². The van der Waals surface area contributed by atoms with Crippen LogP contribution < -0.4 is 10.6 Å². The molecule has 0 saturated heterocycles. The van der Waals surface area contributed by atoms with Crippen molar-refractivity contribution >= 4 is 40.7 Å². The minimum atomic E-state index is -4.74. The van der Waals surface area contributed by atoms with Gasteiger partial charge in [0.1, 0.15) is 17.5 Å². The van der Waals surface area contributed by atoms with Crippen molar-refractivity contribution in [3.8, 4) is 11.9 Å². The van der Waals surface area contributed by atoms with Gasteiger partial charge in [-0.05, 0) is 23.8 Å². The van der Waals surface area contributed by atoms with Crippen LogP contribution in [0.5, 0.6) is 0 Å². The van der Waals surface area contributed by atoms with Crippen molar-refractivity contribution in [3.05, 3.63) is 63.3 Å². The monoisotopic (exact) mass is 468 g/mol. The van der Waals surface area contributed by atoms with E-state index in [-0.39, 0.29) is 28.8 Å². The highest BCUT2D eigenvalue weighted by Gasteiger charge is 2.36. The normalized spacial score (nSPS) is 11.1. The number of hydrogen-bond acceptors (Lipinski definition) is 5. The molecule has 0 aliphatic heterocycles. The molecule has 0 spiro atoms. The zero-order chi connectivity index (χ0) is 22.8. The Morgan fingerprint density at radius 2 is 1.94 bits per heavy atom. The summed E-state index contributed by atoms with van der Waals surface area (Å²) in [6.07, 6.45) is -3.60. The maximum atomic E-state index is 13.6. The van der Waals surface area contributed by atoms with Crippen molar-refractivity contribution in [1.82, 2.24) is 14.8 Å². The topological polar surface area (TPSA) is 95.6 Å². The first kappa shape index (κ1) is 22.4. The second-order valence-corrected chi connectivity index (χ2v) is 7.12. The van der Waals surface area contributed by atoms with Gasteiger partial charge in [-0.15, -0.1) is 0 Å².